The number of imide groups is 1. The van der Waals surface area contributed by atoms with Gasteiger partial charge in [0.25, 0.3) is 0 Å². The van der Waals surface area contributed by atoms with E-state index in [9.17, 15) is 44.1 Å². The number of phenolic OH excluding ortho intramolecular Hbond substituents is 2. The van der Waals surface area contributed by atoms with Crippen molar-refractivity contribution < 1.29 is 72.5 Å². The predicted molar refractivity (Wildman–Crippen MR) is 206 cm³/mol. The van der Waals surface area contributed by atoms with Gasteiger partial charge in [-0.25, -0.2) is 0 Å². The molecule has 3 amide bonds. The van der Waals surface area contributed by atoms with E-state index >= 15 is 0 Å². The number of ketones is 3. The molecule has 0 radical (unpaired) electrons. The van der Waals surface area contributed by atoms with E-state index in [1.54, 1.807) is 0 Å². The van der Waals surface area contributed by atoms with Crippen molar-refractivity contribution in [1.82, 2.24) is 10.2 Å². The fourth-order valence-electron chi connectivity index (χ4n) is 8.45. The lowest BCUT2D eigenvalue weighted by Crippen LogP contribution is -2.49. The molecule has 3 saturated heterocycles. The van der Waals surface area contributed by atoms with E-state index in [4.69, 9.17) is 28.4 Å². The van der Waals surface area contributed by atoms with Crippen molar-refractivity contribution in [3.05, 3.63) is 51.6 Å². The Bertz CT molecular complexity index is 2040. The van der Waals surface area contributed by atoms with Crippen LogP contribution in [0.3, 0.4) is 0 Å². The number of thiol groups is 1. The summed E-state index contributed by atoms with van der Waals surface area (Å²) in [6.45, 7) is 1.11. The molecule has 17 nitrogen and oxygen atoms in total. The maximum Gasteiger partial charge on any atom is 0.246 e. The summed E-state index contributed by atoms with van der Waals surface area (Å²) in [4.78, 5) is 79.1. The summed E-state index contributed by atoms with van der Waals surface area (Å²) >= 11 is 4.08. The molecule has 0 bridgehead atoms. The maximum absolute atomic E-state index is 14.0. The Kier molecular flexibility index (Phi) is 12.8. The molecule has 18 heteroatoms. The summed E-state index contributed by atoms with van der Waals surface area (Å²) < 4.78 is 35.0. The van der Waals surface area contributed by atoms with Crippen LogP contribution in [0.25, 0.3) is 0 Å². The Balaban J connectivity index is 1.01. The zero-order valence-electron chi connectivity index (χ0n) is 32.7. The summed E-state index contributed by atoms with van der Waals surface area (Å²) in [5.41, 5.74) is -3.36. The van der Waals surface area contributed by atoms with Crippen LogP contribution < -0.4 is 10.1 Å². The summed E-state index contributed by atoms with van der Waals surface area (Å²) in [7, 11) is 1.34. The van der Waals surface area contributed by atoms with E-state index in [0.717, 1.165) is 17.7 Å². The molecule has 3 unspecified atom stereocenters. The van der Waals surface area contributed by atoms with E-state index in [1.807, 2.05) is 6.92 Å². The third-order valence-corrected chi connectivity index (χ3v) is 11.9. The molecule has 3 aliphatic heterocycles. The quantitative estimate of drug-likeness (QED) is 0.0890. The van der Waals surface area contributed by atoms with Gasteiger partial charge in [-0.05, 0) is 51.5 Å². The van der Waals surface area contributed by atoms with Crippen LogP contribution in [0.5, 0.6) is 17.2 Å². The van der Waals surface area contributed by atoms with Crippen molar-refractivity contribution in [1.29, 1.82) is 0 Å². The number of nitrogens with one attached hydrogen (secondary N) is 1. The minimum Gasteiger partial charge on any atom is -0.507 e. The van der Waals surface area contributed by atoms with Crippen LogP contribution in [0.4, 0.5) is 0 Å². The third kappa shape index (κ3) is 8.62. The smallest absolute Gasteiger partial charge is 0.246 e. The molecule has 3 fully saturated rings. The highest BCUT2D eigenvalue weighted by Gasteiger charge is 2.50. The molecule has 5 aliphatic rings. The maximum atomic E-state index is 14.0. The second-order valence-corrected chi connectivity index (χ2v) is 16.2. The van der Waals surface area contributed by atoms with Gasteiger partial charge in [0.05, 0.1) is 54.0 Å². The van der Waals surface area contributed by atoms with Gasteiger partial charge in [0.2, 0.25) is 23.5 Å². The van der Waals surface area contributed by atoms with E-state index in [2.05, 4.69) is 17.9 Å². The molecule has 318 valence electrons. The lowest BCUT2D eigenvalue weighted by atomic mass is 9.72. The first kappa shape index (κ1) is 42.7. The fraction of sp³-hybridized carbons (Fsp3) is 0.561. The van der Waals surface area contributed by atoms with Crippen LogP contribution in [0.1, 0.15) is 107 Å². The standard InChI is InChI=1S/C41H48N2O15S/c1-20-6-3-11-31(56-20)58-25-16-41(52,15-23-33(25)39(50)35-34(37(23)48)36(47)22-8-5-9-24(53-2)32(22)38(35)49)27(44)18-55-30-10-4-7-21(57-30)17-54-19-28(45)42-12-13-43-29(46)14-26(59)40(43)51/h5,8-9,20-21,25-26,30-31,48,50,52,59H,3-4,6-7,10-19H2,1-2H3,(H,42,45)/t20-,21?,25-,26?,30?,31-,41-/m0/s1. The Morgan fingerprint density at radius 2 is 1.71 bits per heavy atom. The monoisotopic (exact) mass is 840 g/mol. The van der Waals surface area contributed by atoms with Gasteiger partial charge in [-0.3, -0.25) is 33.7 Å². The van der Waals surface area contributed by atoms with Gasteiger partial charge in [0.1, 0.15) is 36.1 Å². The zero-order valence-corrected chi connectivity index (χ0v) is 33.6. The lowest BCUT2D eigenvalue weighted by molar-refractivity contribution is -0.225. The number of aliphatic hydroxyl groups is 1. The molecule has 2 aromatic carbocycles. The van der Waals surface area contributed by atoms with Crippen LogP contribution >= 0.6 is 12.6 Å². The summed E-state index contributed by atoms with van der Waals surface area (Å²) in [6.07, 6.45) is -0.746. The first-order valence-corrected chi connectivity index (χ1v) is 20.3. The number of nitrogens with zero attached hydrogens (tertiary/aromatic N) is 1. The number of carbonyl (C=O) groups is 6. The highest BCUT2D eigenvalue weighted by Crippen LogP contribution is 2.52. The second-order valence-electron chi connectivity index (χ2n) is 15.5. The van der Waals surface area contributed by atoms with Gasteiger partial charge in [-0.1, -0.05) is 12.1 Å². The number of hydrogen-bond acceptors (Lipinski definition) is 16. The Labute approximate surface area is 345 Å². The number of rotatable bonds is 14. The first-order valence-electron chi connectivity index (χ1n) is 19.8. The molecule has 0 saturated carbocycles. The van der Waals surface area contributed by atoms with Crippen molar-refractivity contribution in [3.63, 3.8) is 0 Å². The van der Waals surface area contributed by atoms with Crippen LogP contribution in [0.15, 0.2) is 18.2 Å². The zero-order chi connectivity index (χ0) is 42.2. The van der Waals surface area contributed by atoms with Crippen LogP contribution in [0.2, 0.25) is 0 Å². The average Bonchev–Trinajstić information content (AvgIpc) is 3.45. The van der Waals surface area contributed by atoms with Gasteiger partial charge in [0.15, 0.2) is 24.1 Å². The van der Waals surface area contributed by atoms with Crippen LogP contribution in [-0.4, -0.2) is 131 Å². The number of phenols is 2. The molecule has 59 heavy (non-hydrogen) atoms. The molecular weight excluding hydrogens is 793 g/mol. The van der Waals surface area contributed by atoms with Crippen LogP contribution in [-0.2, 0) is 49.3 Å². The molecule has 7 rings (SSSR count). The molecule has 0 aromatic heterocycles. The lowest BCUT2D eigenvalue weighted by Gasteiger charge is -2.41. The number of likely N-dealkylation sites (tertiary alicyclic amines) is 1. The summed E-state index contributed by atoms with van der Waals surface area (Å²) in [5, 5.41) is 37.6. The van der Waals surface area contributed by atoms with Crippen molar-refractivity contribution in [2.24, 2.45) is 0 Å². The predicted octanol–water partition coefficient (Wildman–Crippen LogP) is 2.20. The minimum atomic E-state index is -2.21. The molecule has 2 aromatic rings. The first-order chi connectivity index (χ1) is 28.2. The number of methoxy groups -OCH3 is 1. The topological polar surface area (TPSA) is 234 Å². The van der Waals surface area contributed by atoms with E-state index in [-0.39, 0.29) is 72.7 Å². The number of Topliss-reactive ketones (excluding diaryl/α,β-unsaturated/α-hetero) is 1. The van der Waals surface area contributed by atoms with Gasteiger partial charge >= 0.3 is 0 Å². The number of amides is 3. The highest BCUT2D eigenvalue weighted by atomic mass is 32.1. The number of fused-ring (bicyclic) bond motifs is 3. The van der Waals surface area contributed by atoms with Crippen LogP contribution in [0, 0.1) is 0 Å². The number of hydrogen-bond donors (Lipinski definition) is 5. The van der Waals surface area contributed by atoms with Gasteiger partial charge < -0.3 is 49.1 Å². The fourth-order valence-corrected chi connectivity index (χ4v) is 8.75. The largest absolute Gasteiger partial charge is 0.507 e. The SMILES string of the molecule is COc1cccc2c1C(=O)c1c(O)c3c(c(O)c1C2=O)C[C@@](O)(C(=O)COC1CCCC(COCC(=O)NCCN2C(=O)CC(S)C2=O)O1)C[C@@H]3O[C@H]1CCC[C@H](C)O1. The van der Waals surface area contributed by atoms with Crippen molar-refractivity contribution in [2.75, 3.05) is 40.0 Å². The van der Waals surface area contributed by atoms with Crippen molar-refractivity contribution >= 4 is 47.7 Å². The van der Waals surface area contributed by atoms with Crippen molar-refractivity contribution in [2.45, 2.75) is 106 Å². The summed E-state index contributed by atoms with van der Waals surface area (Å²) in [6, 6.07) is 4.44. The molecule has 2 aliphatic carbocycles. The molecule has 0 spiro atoms. The van der Waals surface area contributed by atoms with E-state index in [0.29, 0.717) is 25.7 Å². The molecule has 3 heterocycles. The Hall–Kier alpha value is -4.43. The Morgan fingerprint density at radius 1 is 0.966 bits per heavy atom. The van der Waals surface area contributed by atoms with E-state index in [1.165, 1.54) is 25.3 Å². The van der Waals surface area contributed by atoms with Gasteiger partial charge in [0, 0.05) is 49.0 Å². The number of aromatic hydroxyl groups is 2. The second kappa shape index (κ2) is 17.7. The minimum absolute atomic E-state index is 0.0252. The molecular formula is C41H48N2O15S. The molecule has 7 atom stereocenters. The number of ether oxygens (including phenoxy) is 6. The van der Waals surface area contributed by atoms with E-state index < -0.39 is 107 Å². The normalized spacial score (nSPS) is 27.9. The summed E-state index contributed by atoms with van der Waals surface area (Å²) in [5.74, 6) is -4.60. The Morgan fingerprint density at radius 3 is 2.44 bits per heavy atom. The van der Waals surface area contributed by atoms with Gasteiger partial charge in [-0.15, -0.1) is 0 Å². The number of benzene rings is 2. The molecule has 4 N–H and O–H groups in total. The van der Waals surface area contributed by atoms with Crippen molar-refractivity contribution in [3.8, 4) is 17.2 Å². The number of carbonyl (C=O) groups excluding carboxylic acids is 6. The van der Waals surface area contributed by atoms with Gasteiger partial charge in [-0.2, -0.15) is 12.6 Å². The average molecular weight is 841 g/mol. The highest BCUT2D eigenvalue weighted by molar-refractivity contribution is 7.81. The third-order valence-electron chi connectivity index (χ3n) is 11.5.